The summed E-state index contributed by atoms with van der Waals surface area (Å²) in [5.74, 6) is 0. The van der Waals surface area contributed by atoms with Crippen molar-refractivity contribution < 1.29 is 13.3 Å². The second kappa shape index (κ2) is 6.52. The molecule has 0 amide bonds. The summed E-state index contributed by atoms with van der Waals surface area (Å²) in [7, 11) is -3.45. The lowest BCUT2D eigenvalue weighted by Crippen LogP contribution is -3.12. The smallest absolute Gasteiger partial charge is 0.254 e. The first kappa shape index (κ1) is 15.7. The minimum atomic E-state index is -3.45. The molecule has 0 aliphatic carbocycles. The van der Waals surface area contributed by atoms with Gasteiger partial charge in [0.25, 0.3) is 5.56 Å². The fraction of sp³-hybridized carbons (Fsp3) is 0.667. The number of hydrogen-bond donors (Lipinski definition) is 1. The Kier molecular flexibility index (Phi) is 4.65. The predicted octanol–water partition coefficient (Wildman–Crippen LogP) is -0.341. The minimum Gasteiger partial charge on any atom is -0.317 e. The van der Waals surface area contributed by atoms with Crippen LogP contribution in [0, 0.1) is 0 Å². The van der Waals surface area contributed by atoms with Crippen LogP contribution in [0.5, 0.6) is 0 Å². The lowest BCUT2D eigenvalue weighted by molar-refractivity contribution is -0.927. The second-order valence-electron chi connectivity index (χ2n) is 6.25. The third-order valence-electron chi connectivity index (χ3n) is 4.61. The van der Waals surface area contributed by atoms with Crippen LogP contribution in [0.25, 0.3) is 0 Å². The van der Waals surface area contributed by atoms with Crippen LogP contribution >= 0.6 is 0 Å². The molecule has 0 saturated carbocycles. The first-order chi connectivity index (χ1) is 10.6. The van der Waals surface area contributed by atoms with E-state index >= 15 is 0 Å². The van der Waals surface area contributed by atoms with Crippen molar-refractivity contribution in [2.45, 2.75) is 43.7 Å². The first-order valence-corrected chi connectivity index (χ1v) is 9.55. The number of pyridine rings is 1. The maximum absolute atomic E-state index is 12.6. The molecule has 0 atom stereocenters. The van der Waals surface area contributed by atoms with Gasteiger partial charge in [-0.15, -0.1) is 0 Å². The van der Waals surface area contributed by atoms with E-state index in [-0.39, 0.29) is 10.5 Å². The van der Waals surface area contributed by atoms with Gasteiger partial charge >= 0.3 is 0 Å². The number of aromatic nitrogens is 1. The summed E-state index contributed by atoms with van der Waals surface area (Å²) in [6.07, 6.45) is 6.96. The molecule has 22 heavy (non-hydrogen) atoms. The Morgan fingerprint density at radius 1 is 1.00 bits per heavy atom. The van der Waals surface area contributed by atoms with Gasteiger partial charge in [0.05, 0.1) is 18.0 Å². The van der Waals surface area contributed by atoms with Crippen LogP contribution in [0.15, 0.2) is 28.0 Å². The second-order valence-corrected chi connectivity index (χ2v) is 8.19. The topological polar surface area (TPSA) is 63.8 Å². The zero-order chi connectivity index (χ0) is 15.6. The Labute approximate surface area is 131 Å². The van der Waals surface area contributed by atoms with E-state index in [9.17, 15) is 13.2 Å². The Bertz CT molecular complexity index is 672. The van der Waals surface area contributed by atoms with E-state index in [0.29, 0.717) is 19.8 Å². The quantitative estimate of drug-likeness (QED) is 0.823. The van der Waals surface area contributed by atoms with Crippen LogP contribution in [0.2, 0.25) is 0 Å². The number of piperidine rings is 1. The van der Waals surface area contributed by atoms with E-state index in [2.05, 4.69) is 0 Å². The van der Waals surface area contributed by atoms with E-state index in [1.165, 1.54) is 46.8 Å². The molecule has 3 heterocycles. The molecule has 2 aliphatic heterocycles. The molecular formula is C15H24N3O3S+. The minimum absolute atomic E-state index is 0.126. The van der Waals surface area contributed by atoms with Gasteiger partial charge < -0.3 is 4.90 Å². The molecule has 1 aromatic rings. The molecule has 0 unspecified atom stereocenters. The van der Waals surface area contributed by atoms with Crippen molar-refractivity contribution in [1.82, 2.24) is 8.87 Å². The van der Waals surface area contributed by atoms with E-state index < -0.39 is 10.0 Å². The van der Waals surface area contributed by atoms with Gasteiger partial charge in [-0.3, -0.25) is 9.36 Å². The molecule has 3 rings (SSSR count). The average Bonchev–Trinajstić information content (AvgIpc) is 3.05. The monoisotopic (exact) mass is 326 g/mol. The summed E-state index contributed by atoms with van der Waals surface area (Å²) < 4.78 is 28.3. The number of likely N-dealkylation sites (tertiary alicyclic amines) is 1. The van der Waals surface area contributed by atoms with Crippen molar-refractivity contribution in [3.05, 3.63) is 28.7 Å². The average molecular weight is 326 g/mol. The number of hydrogen-bond acceptors (Lipinski definition) is 3. The zero-order valence-corrected chi connectivity index (χ0v) is 13.6. The summed E-state index contributed by atoms with van der Waals surface area (Å²) in [4.78, 5) is 13.6. The summed E-state index contributed by atoms with van der Waals surface area (Å²) >= 11 is 0. The van der Waals surface area contributed by atoms with E-state index in [0.717, 1.165) is 25.9 Å². The molecule has 2 aliphatic rings. The van der Waals surface area contributed by atoms with Gasteiger partial charge in [0, 0.05) is 25.4 Å². The maximum atomic E-state index is 12.6. The van der Waals surface area contributed by atoms with Crippen molar-refractivity contribution in [1.29, 1.82) is 0 Å². The van der Waals surface area contributed by atoms with Crippen LogP contribution in [0.3, 0.4) is 0 Å². The van der Waals surface area contributed by atoms with Crippen molar-refractivity contribution in [3.63, 3.8) is 0 Å². The molecule has 6 nitrogen and oxygen atoms in total. The number of rotatable bonds is 4. The fourth-order valence-corrected chi connectivity index (χ4v) is 4.85. The highest BCUT2D eigenvalue weighted by Crippen LogP contribution is 2.19. The number of nitrogens with zero attached hydrogens (tertiary/aromatic N) is 2. The third-order valence-corrected chi connectivity index (χ3v) is 6.50. The molecule has 1 aromatic heterocycles. The van der Waals surface area contributed by atoms with Gasteiger partial charge in [-0.2, -0.15) is 4.31 Å². The van der Waals surface area contributed by atoms with Gasteiger partial charge in [0.15, 0.2) is 6.67 Å². The molecule has 0 aromatic carbocycles. The van der Waals surface area contributed by atoms with E-state index in [1.807, 2.05) is 0 Å². The molecule has 0 bridgehead atoms. The molecule has 0 spiro atoms. The Morgan fingerprint density at radius 2 is 1.68 bits per heavy atom. The summed E-state index contributed by atoms with van der Waals surface area (Å²) in [6.45, 7) is 3.82. The van der Waals surface area contributed by atoms with Gasteiger partial charge in [0.1, 0.15) is 0 Å². The molecular weight excluding hydrogens is 302 g/mol. The van der Waals surface area contributed by atoms with E-state index in [1.54, 1.807) is 4.57 Å². The largest absolute Gasteiger partial charge is 0.317 e. The van der Waals surface area contributed by atoms with Crippen LogP contribution in [0.1, 0.15) is 32.1 Å². The van der Waals surface area contributed by atoms with Gasteiger partial charge in [-0.25, -0.2) is 8.42 Å². The molecule has 122 valence electrons. The fourth-order valence-electron chi connectivity index (χ4n) is 3.31. The third kappa shape index (κ3) is 3.26. The standard InChI is InChI=1S/C15H23N3O3S/c19-15-7-6-14(22(20,21)18-10-4-5-11-18)12-17(15)13-16-8-2-1-3-9-16/h6-7,12H,1-5,8-11,13H2/p+1. The highest BCUT2D eigenvalue weighted by molar-refractivity contribution is 7.89. The number of nitrogens with one attached hydrogen (secondary N) is 1. The van der Waals surface area contributed by atoms with Crippen LogP contribution in [-0.2, 0) is 16.7 Å². The lowest BCUT2D eigenvalue weighted by Gasteiger charge is -2.24. The Hall–Kier alpha value is -1.18. The maximum Gasteiger partial charge on any atom is 0.254 e. The molecule has 7 heteroatoms. The van der Waals surface area contributed by atoms with Crippen LogP contribution < -0.4 is 10.5 Å². The highest BCUT2D eigenvalue weighted by atomic mass is 32.2. The van der Waals surface area contributed by atoms with Crippen LogP contribution in [0.4, 0.5) is 0 Å². The normalized spacial score (nSPS) is 21.3. The van der Waals surface area contributed by atoms with Gasteiger partial charge in [0.2, 0.25) is 10.0 Å². The SMILES string of the molecule is O=c1ccc(S(=O)(=O)N2CCCC2)cn1C[NH+]1CCCCC1. The summed E-state index contributed by atoms with van der Waals surface area (Å²) in [5, 5.41) is 0. The Morgan fingerprint density at radius 3 is 2.36 bits per heavy atom. The molecule has 2 fully saturated rings. The van der Waals surface area contributed by atoms with Crippen molar-refractivity contribution in [3.8, 4) is 0 Å². The lowest BCUT2D eigenvalue weighted by atomic mass is 10.1. The first-order valence-electron chi connectivity index (χ1n) is 8.11. The van der Waals surface area contributed by atoms with Crippen molar-refractivity contribution in [2.24, 2.45) is 0 Å². The number of quaternary nitrogens is 1. The Balaban J connectivity index is 1.84. The summed E-state index contributed by atoms with van der Waals surface area (Å²) in [5.41, 5.74) is -0.126. The zero-order valence-electron chi connectivity index (χ0n) is 12.8. The van der Waals surface area contributed by atoms with E-state index in [4.69, 9.17) is 0 Å². The number of sulfonamides is 1. The molecule has 0 radical (unpaired) electrons. The van der Waals surface area contributed by atoms with Crippen molar-refractivity contribution >= 4 is 10.0 Å². The highest BCUT2D eigenvalue weighted by Gasteiger charge is 2.28. The van der Waals surface area contributed by atoms with Gasteiger partial charge in [-0.1, -0.05) is 0 Å². The summed E-state index contributed by atoms with van der Waals surface area (Å²) in [6, 6.07) is 2.82. The van der Waals surface area contributed by atoms with Crippen molar-refractivity contribution in [2.75, 3.05) is 26.2 Å². The molecule has 2 saturated heterocycles. The van der Waals surface area contributed by atoms with Gasteiger partial charge in [-0.05, 0) is 38.2 Å². The predicted molar refractivity (Wildman–Crippen MR) is 83.2 cm³/mol. The molecule has 1 N–H and O–H groups in total. The van der Waals surface area contributed by atoms with Crippen LogP contribution in [-0.4, -0.2) is 43.5 Å².